The molecule has 0 saturated heterocycles. The lowest BCUT2D eigenvalue weighted by Crippen LogP contribution is -2.34. The topological polar surface area (TPSA) is 172 Å². The van der Waals surface area contributed by atoms with Crippen LogP contribution in [0.2, 0.25) is 0 Å². The number of nitrogens with two attached hydrogens (primary N) is 1. The fourth-order valence-electron chi connectivity index (χ4n) is 6.56. The third-order valence-electron chi connectivity index (χ3n) is 10.4. The van der Waals surface area contributed by atoms with E-state index in [1.807, 2.05) is 0 Å². The number of carbonyl (C=O) groups excluding carboxylic acids is 2. The molecular formula is C48H88NO10P. The van der Waals surface area contributed by atoms with Gasteiger partial charge >= 0.3 is 25.7 Å². The van der Waals surface area contributed by atoms with Gasteiger partial charge in [0.05, 0.1) is 13.2 Å². The molecule has 0 amide bonds. The number of carboxylic acids is 1. The van der Waals surface area contributed by atoms with Gasteiger partial charge in [-0.25, -0.2) is 4.57 Å². The summed E-state index contributed by atoms with van der Waals surface area (Å²) in [5.41, 5.74) is 5.34. The molecule has 0 spiro atoms. The molecule has 0 radical (unpaired) electrons. The zero-order valence-corrected chi connectivity index (χ0v) is 38.9. The second-order valence-electron chi connectivity index (χ2n) is 16.2. The SMILES string of the molecule is CCCCC/C=C/C/C=C/CCCCCCCCCC(=O)OC[C@H](COP(=O)(O)OC[C@H](N)C(=O)O)OC(=O)CCCCCCCCCCC/C=C/CCCCCCCC. The van der Waals surface area contributed by atoms with Crippen LogP contribution in [0, 0.1) is 0 Å². The molecule has 0 fully saturated rings. The van der Waals surface area contributed by atoms with Crippen molar-refractivity contribution in [3.63, 3.8) is 0 Å². The number of phosphoric acid groups is 1. The molecule has 0 rings (SSSR count). The van der Waals surface area contributed by atoms with Gasteiger partial charge in [-0.2, -0.15) is 0 Å². The monoisotopic (exact) mass is 870 g/mol. The van der Waals surface area contributed by atoms with Crippen molar-refractivity contribution in [2.75, 3.05) is 19.8 Å². The number of hydrogen-bond donors (Lipinski definition) is 3. The number of rotatable bonds is 45. The number of hydrogen-bond acceptors (Lipinski definition) is 9. The Morgan fingerprint density at radius 1 is 0.517 bits per heavy atom. The minimum atomic E-state index is -4.72. The summed E-state index contributed by atoms with van der Waals surface area (Å²) in [5, 5.41) is 8.91. The van der Waals surface area contributed by atoms with Crippen molar-refractivity contribution in [1.29, 1.82) is 0 Å². The quantitative estimate of drug-likeness (QED) is 0.0230. The van der Waals surface area contributed by atoms with E-state index < -0.39 is 51.1 Å². The highest BCUT2D eigenvalue weighted by Gasteiger charge is 2.28. The fourth-order valence-corrected chi connectivity index (χ4v) is 7.34. The zero-order chi connectivity index (χ0) is 44.2. The molecule has 0 bridgehead atoms. The molecule has 0 aliphatic rings. The molecule has 350 valence electrons. The van der Waals surface area contributed by atoms with E-state index in [2.05, 4.69) is 54.8 Å². The van der Waals surface area contributed by atoms with Gasteiger partial charge in [-0.1, -0.05) is 172 Å². The Bertz CT molecular complexity index is 1160. The summed E-state index contributed by atoms with van der Waals surface area (Å²) >= 11 is 0. The molecule has 3 atom stereocenters. The third kappa shape index (κ3) is 42.4. The van der Waals surface area contributed by atoms with Crippen LogP contribution in [-0.4, -0.2) is 59.9 Å². The Morgan fingerprint density at radius 2 is 0.883 bits per heavy atom. The Kier molecular flexibility index (Phi) is 41.7. The number of carboxylic acid groups (broad SMARTS) is 1. The first kappa shape index (κ1) is 57.7. The van der Waals surface area contributed by atoms with Crippen LogP contribution in [-0.2, 0) is 37.5 Å². The van der Waals surface area contributed by atoms with E-state index in [0.717, 1.165) is 51.4 Å². The van der Waals surface area contributed by atoms with Gasteiger partial charge in [0.2, 0.25) is 0 Å². The first-order valence-electron chi connectivity index (χ1n) is 24.0. The lowest BCUT2D eigenvalue weighted by molar-refractivity contribution is -0.161. The summed E-state index contributed by atoms with van der Waals surface area (Å²) in [6.07, 6.45) is 47.7. The van der Waals surface area contributed by atoms with Crippen molar-refractivity contribution in [2.24, 2.45) is 5.73 Å². The Balaban J connectivity index is 4.30. The summed E-state index contributed by atoms with van der Waals surface area (Å²) in [6.45, 7) is 2.79. The van der Waals surface area contributed by atoms with Crippen molar-refractivity contribution in [3.05, 3.63) is 36.5 Å². The lowest BCUT2D eigenvalue weighted by atomic mass is 10.1. The van der Waals surface area contributed by atoms with Gasteiger partial charge in [-0.05, 0) is 70.6 Å². The predicted molar refractivity (Wildman–Crippen MR) is 245 cm³/mol. The molecule has 60 heavy (non-hydrogen) atoms. The van der Waals surface area contributed by atoms with Crippen molar-refractivity contribution in [3.8, 4) is 0 Å². The van der Waals surface area contributed by atoms with E-state index in [0.29, 0.717) is 12.8 Å². The zero-order valence-electron chi connectivity index (χ0n) is 38.1. The second kappa shape index (κ2) is 43.4. The number of ether oxygens (including phenoxy) is 2. The maximum atomic E-state index is 12.7. The fraction of sp³-hybridized carbons (Fsp3) is 0.812. The van der Waals surface area contributed by atoms with Crippen LogP contribution in [0.3, 0.4) is 0 Å². The Morgan fingerprint density at radius 3 is 1.35 bits per heavy atom. The molecule has 1 unspecified atom stereocenters. The van der Waals surface area contributed by atoms with Crippen molar-refractivity contribution in [2.45, 2.75) is 231 Å². The normalized spacial score (nSPS) is 13.9. The van der Waals surface area contributed by atoms with Crippen molar-refractivity contribution < 1.29 is 47.5 Å². The summed E-state index contributed by atoms with van der Waals surface area (Å²) < 4.78 is 32.8. The molecule has 0 aromatic carbocycles. The van der Waals surface area contributed by atoms with Gasteiger partial charge in [0, 0.05) is 12.8 Å². The Hall–Kier alpha value is -2.30. The lowest BCUT2D eigenvalue weighted by Gasteiger charge is -2.20. The minimum Gasteiger partial charge on any atom is -0.480 e. The highest BCUT2D eigenvalue weighted by molar-refractivity contribution is 7.47. The van der Waals surface area contributed by atoms with Crippen LogP contribution in [0.25, 0.3) is 0 Å². The van der Waals surface area contributed by atoms with Gasteiger partial charge in [-0.15, -0.1) is 0 Å². The number of aliphatic carboxylic acids is 1. The maximum absolute atomic E-state index is 12.7. The highest BCUT2D eigenvalue weighted by atomic mass is 31.2. The number of phosphoric ester groups is 1. The number of carbonyl (C=O) groups is 3. The molecule has 0 aliphatic carbocycles. The van der Waals surface area contributed by atoms with E-state index in [1.54, 1.807) is 0 Å². The first-order valence-corrected chi connectivity index (χ1v) is 25.5. The van der Waals surface area contributed by atoms with E-state index in [-0.39, 0.29) is 19.4 Å². The summed E-state index contributed by atoms with van der Waals surface area (Å²) in [6, 6.07) is -1.52. The molecule has 4 N–H and O–H groups in total. The van der Waals surface area contributed by atoms with Crippen LogP contribution in [0.5, 0.6) is 0 Å². The Labute approximate surface area is 365 Å². The van der Waals surface area contributed by atoms with Crippen LogP contribution < -0.4 is 5.73 Å². The third-order valence-corrected chi connectivity index (χ3v) is 11.3. The second-order valence-corrected chi connectivity index (χ2v) is 17.7. The summed E-state index contributed by atoms with van der Waals surface area (Å²) in [4.78, 5) is 46.1. The smallest absolute Gasteiger partial charge is 0.472 e. The largest absolute Gasteiger partial charge is 0.480 e. The van der Waals surface area contributed by atoms with Gasteiger partial charge in [0.25, 0.3) is 0 Å². The van der Waals surface area contributed by atoms with Gasteiger partial charge in [0.15, 0.2) is 6.10 Å². The summed E-state index contributed by atoms with van der Waals surface area (Å²) in [7, 11) is -4.72. The first-order chi connectivity index (χ1) is 29.1. The molecule has 0 aromatic heterocycles. The van der Waals surface area contributed by atoms with Crippen molar-refractivity contribution in [1.82, 2.24) is 0 Å². The molecule has 0 aliphatic heterocycles. The van der Waals surface area contributed by atoms with Gasteiger partial charge in [0.1, 0.15) is 12.6 Å². The van der Waals surface area contributed by atoms with Crippen molar-refractivity contribution >= 4 is 25.7 Å². The number of allylic oxidation sites excluding steroid dienone is 6. The van der Waals surface area contributed by atoms with Gasteiger partial charge in [-0.3, -0.25) is 23.4 Å². The molecule has 11 nitrogen and oxygen atoms in total. The average Bonchev–Trinajstić information content (AvgIpc) is 3.22. The van der Waals surface area contributed by atoms with Crippen LogP contribution in [0.15, 0.2) is 36.5 Å². The van der Waals surface area contributed by atoms with E-state index in [9.17, 15) is 23.8 Å². The molecular weight excluding hydrogens is 781 g/mol. The van der Waals surface area contributed by atoms with E-state index in [4.69, 9.17) is 24.8 Å². The molecule has 0 heterocycles. The van der Waals surface area contributed by atoms with E-state index in [1.165, 1.54) is 128 Å². The van der Waals surface area contributed by atoms with Crippen LogP contribution in [0.4, 0.5) is 0 Å². The minimum absolute atomic E-state index is 0.158. The number of esters is 2. The van der Waals surface area contributed by atoms with Gasteiger partial charge < -0.3 is 25.2 Å². The summed E-state index contributed by atoms with van der Waals surface area (Å²) in [5.74, 6) is -2.38. The highest BCUT2D eigenvalue weighted by Crippen LogP contribution is 2.43. The van der Waals surface area contributed by atoms with Crippen LogP contribution in [0.1, 0.15) is 219 Å². The standard InChI is InChI=1S/C48H88NO10P/c1-3-5-7-9-11-13-15-17-19-21-22-24-26-28-30-32-34-36-38-40-47(51)59-44(42-57-60(54,55)58-43-45(49)48(52)53)41-56-46(50)39-37-35-33-31-29-27-25-23-20-18-16-14-12-10-8-6-4-2/h12,14,17-20,44-45H,3-11,13,15-16,21-43,49H2,1-2H3,(H,52,53)(H,54,55)/b14-12+,19-17+,20-18+/t44-,45+/m1/s1. The van der Waals surface area contributed by atoms with E-state index >= 15 is 0 Å². The molecule has 12 heteroatoms. The molecule has 0 saturated carbocycles. The predicted octanol–water partition coefficient (Wildman–Crippen LogP) is 13.2. The molecule has 0 aromatic rings. The van der Waals surface area contributed by atoms with Crippen LogP contribution >= 0.6 is 7.82 Å². The average molecular weight is 870 g/mol. The number of unbranched alkanes of at least 4 members (excludes halogenated alkanes) is 25. The maximum Gasteiger partial charge on any atom is 0.472 e.